The van der Waals surface area contributed by atoms with Gasteiger partial charge in [0, 0.05) is 23.7 Å². The van der Waals surface area contributed by atoms with Crippen LogP contribution in [0.4, 0.5) is 11.4 Å². The van der Waals surface area contributed by atoms with Crippen molar-refractivity contribution in [3.63, 3.8) is 0 Å². The Morgan fingerprint density at radius 2 is 2.14 bits per heavy atom. The molecule has 8 heteroatoms. The van der Waals surface area contributed by atoms with Gasteiger partial charge in [0.05, 0.1) is 15.8 Å². The zero-order valence-corrected chi connectivity index (χ0v) is 12.6. The number of halogens is 1. The van der Waals surface area contributed by atoms with Gasteiger partial charge in [0.1, 0.15) is 5.56 Å². The van der Waals surface area contributed by atoms with E-state index in [0.717, 1.165) is 4.88 Å². The summed E-state index contributed by atoms with van der Waals surface area (Å²) in [4.78, 5) is 23.4. The molecule has 0 aliphatic rings. The van der Waals surface area contributed by atoms with Crippen molar-refractivity contribution in [1.82, 2.24) is 5.32 Å². The van der Waals surface area contributed by atoms with E-state index < -0.39 is 10.8 Å². The Hall–Kier alpha value is -2.12. The lowest BCUT2D eigenvalue weighted by Gasteiger charge is -2.07. The van der Waals surface area contributed by atoms with E-state index in [1.165, 1.54) is 23.5 Å². The molecule has 2 rings (SSSR count). The van der Waals surface area contributed by atoms with Crippen LogP contribution in [0.25, 0.3) is 0 Å². The van der Waals surface area contributed by atoms with Crippen molar-refractivity contribution >= 4 is 40.2 Å². The van der Waals surface area contributed by atoms with Gasteiger partial charge in [-0.25, -0.2) is 0 Å². The fourth-order valence-electron chi connectivity index (χ4n) is 1.74. The fourth-order valence-corrected chi connectivity index (χ4v) is 2.77. The summed E-state index contributed by atoms with van der Waals surface area (Å²) >= 11 is 7.15. The van der Waals surface area contributed by atoms with E-state index in [9.17, 15) is 14.9 Å². The number of carbonyl (C=O) groups excluding carboxylic acids is 1. The Morgan fingerprint density at radius 3 is 2.71 bits per heavy atom. The smallest absolute Gasteiger partial charge is 0.282 e. The topological polar surface area (TPSA) is 84.3 Å². The first-order valence-electron chi connectivity index (χ1n) is 6.00. The molecule has 0 bridgehead atoms. The number of hydrogen-bond donors (Lipinski definition) is 2. The third-order valence-electron chi connectivity index (χ3n) is 2.78. The molecule has 21 heavy (non-hydrogen) atoms. The molecule has 6 nitrogen and oxygen atoms in total. The summed E-state index contributed by atoms with van der Waals surface area (Å²) < 4.78 is 0.627. The minimum Gasteiger partial charge on any atom is -0.388 e. The van der Waals surface area contributed by atoms with Gasteiger partial charge in [-0.3, -0.25) is 14.9 Å². The summed E-state index contributed by atoms with van der Waals surface area (Å²) in [5.41, 5.74) is 0.426. The molecule has 0 radical (unpaired) electrons. The summed E-state index contributed by atoms with van der Waals surface area (Å²) in [6.45, 7) is 0.275. The molecule has 1 aromatic heterocycles. The lowest BCUT2D eigenvalue weighted by atomic mass is 10.1. The maximum atomic E-state index is 12.1. The lowest BCUT2D eigenvalue weighted by molar-refractivity contribution is -0.385. The molecule has 2 N–H and O–H groups in total. The molecule has 0 spiro atoms. The highest BCUT2D eigenvalue weighted by atomic mass is 35.5. The maximum absolute atomic E-state index is 12.1. The highest BCUT2D eigenvalue weighted by molar-refractivity contribution is 7.16. The average Bonchev–Trinajstić information content (AvgIpc) is 2.89. The standard InChI is InChI=1S/C13H12ClN3O3S/c1-15-8-2-4-11(17(19)20)10(6-8)13(18)16-7-9-3-5-12(14)21-9/h2-6,15H,7H2,1H3,(H,16,18). The molecular weight excluding hydrogens is 314 g/mol. The van der Waals surface area contributed by atoms with Crippen LogP contribution in [0.15, 0.2) is 30.3 Å². The maximum Gasteiger partial charge on any atom is 0.282 e. The van der Waals surface area contributed by atoms with E-state index in [1.54, 1.807) is 25.2 Å². The molecule has 0 fully saturated rings. The van der Waals surface area contributed by atoms with Crippen LogP contribution in [0.2, 0.25) is 4.34 Å². The molecule has 1 amide bonds. The van der Waals surface area contributed by atoms with Gasteiger partial charge in [-0.1, -0.05) is 11.6 Å². The normalized spacial score (nSPS) is 10.2. The Labute approximate surface area is 129 Å². The van der Waals surface area contributed by atoms with Crippen LogP contribution in [0.3, 0.4) is 0 Å². The van der Waals surface area contributed by atoms with Gasteiger partial charge < -0.3 is 10.6 Å². The Bertz CT molecular complexity index is 687. The quantitative estimate of drug-likeness (QED) is 0.652. The van der Waals surface area contributed by atoms with Gasteiger partial charge in [-0.15, -0.1) is 11.3 Å². The van der Waals surface area contributed by atoms with Gasteiger partial charge in [0.2, 0.25) is 0 Å². The number of benzene rings is 1. The van der Waals surface area contributed by atoms with Crippen molar-refractivity contribution in [3.8, 4) is 0 Å². The third kappa shape index (κ3) is 3.71. The molecule has 0 aliphatic heterocycles. The number of thiophene rings is 1. The second-order valence-electron chi connectivity index (χ2n) is 4.13. The lowest BCUT2D eigenvalue weighted by Crippen LogP contribution is -2.23. The van der Waals surface area contributed by atoms with E-state index in [1.807, 2.05) is 0 Å². The molecule has 0 unspecified atom stereocenters. The summed E-state index contributed by atoms with van der Waals surface area (Å²) in [7, 11) is 1.68. The van der Waals surface area contributed by atoms with Gasteiger partial charge in [-0.05, 0) is 24.3 Å². The van der Waals surface area contributed by atoms with Crippen LogP contribution < -0.4 is 10.6 Å². The largest absolute Gasteiger partial charge is 0.388 e. The molecule has 1 heterocycles. The predicted octanol–water partition coefficient (Wildman–Crippen LogP) is 3.28. The number of anilines is 1. The van der Waals surface area contributed by atoms with E-state index in [2.05, 4.69) is 10.6 Å². The predicted molar refractivity (Wildman–Crippen MR) is 83.1 cm³/mol. The summed E-state index contributed by atoms with van der Waals surface area (Å²) in [5, 5.41) is 16.5. The van der Waals surface area contributed by atoms with Crippen LogP contribution in [-0.2, 0) is 6.54 Å². The Balaban J connectivity index is 2.19. The highest BCUT2D eigenvalue weighted by Crippen LogP contribution is 2.24. The Kier molecular flexibility index (Phi) is 4.77. The molecule has 0 saturated carbocycles. The Morgan fingerprint density at radius 1 is 1.38 bits per heavy atom. The number of nitrogens with zero attached hydrogens (tertiary/aromatic N) is 1. The van der Waals surface area contributed by atoms with Crippen molar-refractivity contribution < 1.29 is 9.72 Å². The monoisotopic (exact) mass is 325 g/mol. The van der Waals surface area contributed by atoms with Crippen molar-refractivity contribution in [2.24, 2.45) is 0 Å². The van der Waals surface area contributed by atoms with Gasteiger partial charge >= 0.3 is 0 Å². The van der Waals surface area contributed by atoms with Crippen molar-refractivity contribution in [2.75, 3.05) is 12.4 Å². The van der Waals surface area contributed by atoms with Crippen molar-refractivity contribution in [1.29, 1.82) is 0 Å². The number of nitrogens with one attached hydrogen (secondary N) is 2. The number of nitro benzene ring substituents is 1. The second kappa shape index (κ2) is 6.55. The van der Waals surface area contributed by atoms with Crippen LogP contribution in [-0.4, -0.2) is 17.9 Å². The van der Waals surface area contributed by atoms with Crippen molar-refractivity contribution in [2.45, 2.75) is 6.54 Å². The van der Waals surface area contributed by atoms with Crippen LogP contribution in [0, 0.1) is 10.1 Å². The zero-order chi connectivity index (χ0) is 15.4. The molecular formula is C13H12ClN3O3S. The summed E-state index contributed by atoms with van der Waals surface area (Å²) in [5.74, 6) is -0.497. The molecule has 110 valence electrons. The minimum atomic E-state index is -0.573. The summed E-state index contributed by atoms with van der Waals surface area (Å²) in [6.07, 6.45) is 0. The van der Waals surface area contributed by atoms with Gasteiger partial charge in [0.15, 0.2) is 0 Å². The van der Waals surface area contributed by atoms with Crippen LogP contribution in [0.5, 0.6) is 0 Å². The number of nitro groups is 1. The van der Waals surface area contributed by atoms with Crippen LogP contribution >= 0.6 is 22.9 Å². The van der Waals surface area contributed by atoms with E-state index >= 15 is 0 Å². The molecule has 0 aliphatic carbocycles. The van der Waals surface area contributed by atoms with Gasteiger partial charge in [-0.2, -0.15) is 0 Å². The number of hydrogen-bond acceptors (Lipinski definition) is 5. The molecule has 1 aromatic carbocycles. The zero-order valence-electron chi connectivity index (χ0n) is 11.1. The third-order valence-corrected chi connectivity index (χ3v) is 4.01. The van der Waals surface area contributed by atoms with Crippen LogP contribution in [0.1, 0.15) is 15.2 Å². The molecule has 0 atom stereocenters. The van der Waals surface area contributed by atoms with E-state index in [0.29, 0.717) is 10.0 Å². The molecule has 2 aromatic rings. The van der Waals surface area contributed by atoms with E-state index in [4.69, 9.17) is 11.6 Å². The SMILES string of the molecule is CNc1ccc([N+](=O)[O-])c(C(=O)NCc2ccc(Cl)s2)c1. The van der Waals surface area contributed by atoms with Crippen molar-refractivity contribution in [3.05, 3.63) is 55.2 Å². The fraction of sp³-hybridized carbons (Fsp3) is 0.154. The highest BCUT2D eigenvalue weighted by Gasteiger charge is 2.20. The number of carbonyl (C=O) groups is 1. The first kappa shape index (κ1) is 15.3. The molecule has 0 saturated heterocycles. The average molecular weight is 326 g/mol. The van der Waals surface area contributed by atoms with E-state index in [-0.39, 0.29) is 17.8 Å². The second-order valence-corrected chi connectivity index (χ2v) is 5.93. The number of rotatable bonds is 5. The summed E-state index contributed by atoms with van der Waals surface area (Å²) in [6, 6.07) is 7.84. The minimum absolute atomic E-state index is 0.0227. The first-order valence-corrected chi connectivity index (χ1v) is 7.19. The van der Waals surface area contributed by atoms with Gasteiger partial charge in [0.25, 0.3) is 11.6 Å². The number of amides is 1. The first-order chi connectivity index (χ1) is 10.0.